The summed E-state index contributed by atoms with van der Waals surface area (Å²) in [4.78, 5) is 13.0. The SMILES string of the molecule is C[C@H](CO)Nc1nc(Nc2cc(Cl)ccc2O)cc(-c2cccnc2)n1. The molecule has 0 saturated heterocycles. The van der Waals surface area contributed by atoms with Crippen molar-refractivity contribution in [3.8, 4) is 17.0 Å². The first-order valence-electron chi connectivity index (χ1n) is 7.97. The molecule has 0 unspecified atom stereocenters. The van der Waals surface area contributed by atoms with Gasteiger partial charge in [-0.2, -0.15) is 4.98 Å². The van der Waals surface area contributed by atoms with Gasteiger partial charge in [-0.05, 0) is 37.3 Å². The van der Waals surface area contributed by atoms with Crippen molar-refractivity contribution >= 4 is 29.1 Å². The van der Waals surface area contributed by atoms with Crippen LogP contribution >= 0.6 is 11.6 Å². The molecule has 1 aromatic carbocycles. The number of rotatable bonds is 6. The second kappa shape index (κ2) is 7.99. The highest BCUT2D eigenvalue weighted by molar-refractivity contribution is 6.30. The molecule has 26 heavy (non-hydrogen) atoms. The number of benzene rings is 1. The molecule has 1 atom stereocenters. The Labute approximate surface area is 155 Å². The van der Waals surface area contributed by atoms with Crippen LogP contribution in [0.15, 0.2) is 48.8 Å². The van der Waals surface area contributed by atoms with Gasteiger partial charge in [0.1, 0.15) is 11.6 Å². The molecule has 4 N–H and O–H groups in total. The number of anilines is 3. The number of phenolic OH excluding ortho intramolecular Hbond substituents is 1. The molecule has 3 rings (SSSR count). The molecule has 3 aromatic rings. The second-order valence-corrected chi connectivity index (χ2v) is 6.15. The molecule has 0 aliphatic rings. The third-order valence-electron chi connectivity index (χ3n) is 3.55. The number of halogens is 1. The Morgan fingerprint density at radius 2 is 2.04 bits per heavy atom. The van der Waals surface area contributed by atoms with Crippen LogP contribution < -0.4 is 10.6 Å². The molecule has 7 nitrogen and oxygen atoms in total. The van der Waals surface area contributed by atoms with Gasteiger partial charge in [-0.1, -0.05) is 11.6 Å². The van der Waals surface area contributed by atoms with Crippen molar-refractivity contribution in [2.45, 2.75) is 13.0 Å². The predicted molar refractivity (Wildman–Crippen MR) is 102 cm³/mol. The lowest BCUT2D eigenvalue weighted by atomic mass is 10.2. The third-order valence-corrected chi connectivity index (χ3v) is 3.79. The number of phenols is 1. The molecule has 0 aliphatic carbocycles. The van der Waals surface area contributed by atoms with Crippen LogP contribution in [-0.2, 0) is 0 Å². The second-order valence-electron chi connectivity index (χ2n) is 5.72. The van der Waals surface area contributed by atoms with E-state index in [2.05, 4.69) is 25.6 Å². The molecule has 0 aliphatic heterocycles. The molecule has 0 fully saturated rings. The summed E-state index contributed by atoms with van der Waals surface area (Å²) in [7, 11) is 0. The Morgan fingerprint density at radius 3 is 2.77 bits per heavy atom. The van der Waals surface area contributed by atoms with Crippen molar-refractivity contribution in [1.82, 2.24) is 15.0 Å². The maximum absolute atomic E-state index is 10.0. The summed E-state index contributed by atoms with van der Waals surface area (Å²) in [6.45, 7) is 1.76. The number of aromatic nitrogens is 3. The van der Waals surface area contributed by atoms with E-state index in [4.69, 9.17) is 11.6 Å². The van der Waals surface area contributed by atoms with Crippen LogP contribution in [0.5, 0.6) is 5.75 Å². The summed E-state index contributed by atoms with van der Waals surface area (Å²) in [5.41, 5.74) is 1.88. The van der Waals surface area contributed by atoms with E-state index in [0.29, 0.717) is 28.2 Å². The molecule has 0 saturated carbocycles. The zero-order chi connectivity index (χ0) is 18.5. The van der Waals surface area contributed by atoms with E-state index in [0.717, 1.165) is 5.56 Å². The Hall–Kier alpha value is -2.90. The van der Waals surface area contributed by atoms with Gasteiger partial charge in [-0.25, -0.2) is 4.98 Å². The van der Waals surface area contributed by atoms with Gasteiger partial charge in [0, 0.05) is 35.1 Å². The molecule has 134 valence electrons. The fraction of sp³-hybridized carbons (Fsp3) is 0.167. The van der Waals surface area contributed by atoms with E-state index in [9.17, 15) is 10.2 Å². The predicted octanol–water partition coefficient (Wildman–Crippen LogP) is 3.43. The van der Waals surface area contributed by atoms with Crippen molar-refractivity contribution < 1.29 is 10.2 Å². The monoisotopic (exact) mass is 371 g/mol. The lowest BCUT2D eigenvalue weighted by molar-refractivity contribution is 0.281. The molecule has 0 amide bonds. The van der Waals surface area contributed by atoms with Crippen LogP contribution in [0.25, 0.3) is 11.3 Å². The van der Waals surface area contributed by atoms with Crippen LogP contribution in [-0.4, -0.2) is 37.8 Å². The summed E-state index contributed by atoms with van der Waals surface area (Å²) in [6, 6.07) is 9.93. The minimum atomic E-state index is -0.216. The molecule has 0 bridgehead atoms. The van der Waals surface area contributed by atoms with Gasteiger partial charge < -0.3 is 20.8 Å². The molecule has 8 heteroatoms. The molecule has 2 heterocycles. The van der Waals surface area contributed by atoms with Crippen molar-refractivity contribution in [1.29, 1.82) is 0 Å². The van der Waals surface area contributed by atoms with Crippen LogP contribution in [0.4, 0.5) is 17.5 Å². The van der Waals surface area contributed by atoms with Crippen LogP contribution in [0.1, 0.15) is 6.92 Å². The standard InChI is InChI=1S/C18H18ClN5O2/c1-11(10-25)21-18-23-14(12-3-2-6-20-9-12)8-17(24-18)22-15-7-13(19)4-5-16(15)26/h2-9,11,25-26H,10H2,1H3,(H2,21,22,23,24)/t11-/m1/s1. The summed E-state index contributed by atoms with van der Waals surface area (Å²) in [5.74, 6) is 0.857. The van der Waals surface area contributed by atoms with Crippen molar-refractivity contribution in [2.24, 2.45) is 0 Å². The van der Waals surface area contributed by atoms with Crippen molar-refractivity contribution in [3.63, 3.8) is 0 Å². The summed E-state index contributed by atoms with van der Waals surface area (Å²) < 4.78 is 0. The first-order chi connectivity index (χ1) is 12.5. The van der Waals surface area contributed by atoms with Gasteiger partial charge in [0.05, 0.1) is 18.0 Å². The number of aliphatic hydroxyl groups is 1. The Balaban J connectivity index is 2.00. The zero-order valence-corrected chi connectivity index (χ0v) is 14.8. The maximum Gasteiger partial charge on any atom is 0.225 e. The lowest BCUT2D eigenvalue weighted by Crippen LogP contribution is -2.21. The highest BCUT2D eigenvalue weighted by Gasteiger charge is 2.11. The number of aliphatic hydroxyl groups excluding tert-OH is 1. The van der Waals surface area contributed by atoms with E-state index in [1.165, 1.54) is 6.07 Å². The number of hydrogen-bond acceptors (Lipinski definition) is 7. The summed E-state index contributed by atoms with van der Waals surface area (Å²) >= 11 is 6.00. The Kier molecular flexibility index (Phi) is 5.50. The van der Waals surface area contributed by atoms with Crippen molar-refractivity contribution in [2.75, 3.05) is 17.2 Å². The van der Waals surface area contributed by atoms with E-state index >= 15 is 0 Å². The lowest BCUT2D eigenvalue weighted by Gasteiger charge is -2.14. The fourth-order valence-corrected chi connectivity index (χ4v) is 2.42. The smallest absolute Gasteiger partial charge is 0.225 e. The Morgan fingerprint density at radius 1 is 1.19 bits per heavy atom. The number of hydrogen-bond donors (Lipinski definition) is 4. The summed E-state index contributed by atoms with van der Waals surface area (Å²) in [6.07, 6.45) is 3.38. The van der Waals surface area contributed by atoms with Gasteiger partial charge in [-0.3, -0.25) is 4.98 Å². The largest absolute Gasteiger partial charge is 0.506 e. The average Bonchev–Trinajstić information content (AvgIpc) is 2.65. The number of nitrogens with zero attached hydrogens (tertiary/aromatic N) is 3. The fourth-order valence-electron chi connectivity index (χ4n) is 2.25. The molecule has 0 radical (unpaired) electrons. The summed E-state index contributed by atoms with van der Waals surface area (Å²) in [5, 5.41) is 25.8. The van der Waals surface area contributed by atoms with E-state index in [1.807, 2.05) is 19.1 Å². The van der Waals surface area contributed by atoms with E-state index in [-0.39, 0.29) is 18.4 Å². The first-order valence-corrected chi connectivity index (χ1v) is 8.35. The molecular formula is C18H18ClN5O2. The van der Waals surface area contributed by atoms with Gasteiger partial charge in [-0.15, -0.1) is 0 Å². The van der Waals surface area contributed by atoms with E-state index < -0.39 is 0 Å². The van der Waals surface area contributed by atoms with Crippen molar-refractivity contribution in [3.05, 3.63) is 53.8 Å². The number of aromatic hydroxyl groups is 1. The van der Waals surface area contributed by atoms with Gasteiger partial charge in [0.2, 0.25) is 5.95 Å². The van der Waals surface area contributed by atoms with Gasteiger partial charge >= 0.3 is 0 Å². The van der Waals surface area contributed by atoms with E-state index in [1.54, 1.807) is 30.6 Å². The normalized spacial score (nSPS) is 11.8. The molecule has 0 spiro atoms. The topological polar surface area (TPSA) is 103 Å². The first kappa shape index (κ1) is 17.9. The average molecular weight is 372 g/mol. The van der Waals surface area contributed by atoms with Crippen LogP contribution in [0.3, 0.4) is 0 Å². The van der Waals surface area contributed by atoms with Crippen LogP contribution in [0.2, 0.25) is 5.02 Å². The van der Waals surface area contributed by atoms with Gasteiger partial charge in [0.15, 0.2) is 0 Å². The number of pyridine rings is 1. The molecular weight excluding hydrogens is 354 g/mol. The number of nitrogens with one attached hydrogen (secondary N) is 2. The minimum absolute atomic E-state index is 0.0502. The minimum Gasteiger partial charge on any atom is -0.506 e. The van der Waals surface area contributed by atoms with Crippen LogP contribution in [0, 0.1) is 0 Å². The maximum atomic E-state index is 10.0. The zero-order valence-electron chi connectivity index (χ0n) is 14.0. The molecule has 2 aromatic heterocycles. The Bertz CT molecular complexity index is 892. The highest BCUT2D eigenvalue weighted by Crippen LogP contribution is 2.30. The highest BCUT2D eigenvalue weighted by atomic mass is 35.5. The van der Waals surface area contributed by atoms with Gasteiger partial charge in [0.25, 0.3) is 0 Å². The quantitative estimate of drug-likeness (QED) is 0.492. The third kappa shape index (κ3) is 4.38.